The molecule has 0 aromatic heterocycles. The summed E-state index contributed by atoms with van der Waals surface area (Å²) in [5.41, 5.74) is 0.813. The first kappa shape index (κ1) is 14.7. The number of carbonyl (C=O) groups is 1. The fourth-order valence-electron chi connectivity index (χ4n) is 2.07. The standard InChI is InChI=1S/C15H22O3/c1-3-4-6-11-13(16)14(15(17)18-2)12-9-7-5-8-10-12/h5,7-10,13-14,16H,3-4,6,11H2,1-2H3/t13-,14+/m1/s1. The summed E-state index contributed by atoms with van der Waals surface area (Å²) in [5.74, 6) is -0.946. The van der Waals surface area contributed by atoms with Crippen molar-refractivity contribution in [2.24, 2.45) is 0 Å². The second-order valence-electron chi connectivity index (χ2n) is 4.47. The van der Waals surface area contributed by atoms with Crippen molar-refractivity contribution in [3.63, 3.8) is 0 Å². The number of rotatable bonds is 7. The molecule has 1 rings (SSSR count). The van der Waals surface area contributed by atoms with Gasteiger partial charge in [0.05, 0.1) is 13.2 Å². The molecule has 1 aromatic rings. The van der Waals surface area contributed by atoms with Crippen LogP contribution in [0.1, 0.15) is 44.1 Å². The number of carbonyl (C=O) groups excluding carboxylic acids is 1. The smallest absolute Gasteiger partial charge is 0.315 e. The number of benzene rings is 1. The van der Waals surface area contributed by atoms with Gasteiger partial charge in [0.25, 0.3) is 0 Å². The zero-order chi connectivity index (χ0) is 13.4. The zero-order valence-corrected chi connectivity index (χ0v) is 11.1. The van der Waals surface area contributed by atoms with Crippen molar-refractivity contribution in [1.29, 1.82) is 0 Å². The average molecular weight is 250 g/mol. The van der Waals surface area contributed by atoms with Gasteiger partial charge in [0.1, 0.15) is 5.92 Å². The minimum absolute atomic E-state index is 0.370. The summed E-state index contributed by atoms with van der Waals surface area (Å²) in [4.78, 5) is 11.8. The largest absolute Gasteiger partial charge is 0.468 e. The van der Waals surface area contributed by atoms with Gasteiger partial charge >= 0.3 is 5.97 Å². The van der Waals surface area contributed by atoms with E-state index in [1.54, 1.807) is 0 Å². The summed E-state index contributed by atoms with van der Waals surface area (Å²) in [6.45, 7) is 2.11. The molecule has 1 aromatic carbocycles. The van der Waals surface area contributed by atoms with Gasteiger partial charge in [-0.15, -0.1) is 0 Å². The molecule has 0 aliphatic carbocycles. The molecular formula is C15H22O3. The summed E-state index contributed by atoms with van der Waals surface area (Å²) in [6.07, 6.45) is 3.05. The van der Waals surface area contributed by atoms with Crippen molar-refractivity contribution in [2.75, 3.05) is 7.11 Å². The highest BCUT2D eigenvalue weighted by atomic mass is 16.5. The van der Waals surface area contributed by atoms with Crippen LogP contribution in [0.3, 0.4) is 0 Å². The first-order chi connectivity index (χ1) is 8.70. The minimum atomic E-state index is -0.675. The number of unbranched alkanes of at least 4 members (excludes halogenated alkanes) is 2. The molecule has 1 N–H and O–H groups in total. The van der Waals surface area contributed by atoms with E-state index in [1.165, 1.54) is 7.11 Å². The maximum absolute atomic E-state index is 11.8. The zero-order valence-electron chi connectivity index (χ0n) is 11.1. The second-order valence-corrected chi connectivity index (χ2v) is 4.47. The Labute approximate surface area is 109 Å². The molecular weight excluding hydrogens is 228 g/mol. The maximum Gasteiger partial charge on any atom is 0.315 e. The van der Waals surface area contributed by atoms with Crippen LogP contribution in [-0.4, -0.2) is 24.3 Å². The van der Waals surface area contributed by atoms with Gasteiger partial charge in [0, 0.05) is 0 Å². The van der Waals surface area contributed by atoms with Crippen molar-refractivity contribution >= 4 is 5.97 Å². The van der Waals surface area contributed by atoms with E-state index in [0.717, 1.165) is 24.8 Å². The normalized spacial score (nSPS) is 13.9. The van der Waals surface area contributed by atoms with Crippen molar-refractivity contribution in [2.45, 2.75) is 44.6 Å². The van der Waals surface area contributed by atoms with Gasteiger partial charge in [-0.25, -0.2) is 0 Å². The van der Waals surface area contributed by atoms with E-state index in [4.69, 9.17) is 4.74 Å². The van der Waals surface area contributed by atoms with Crippen LogP contribution in [0.15, 0.2) is 30.3 Å². The molecule has 0 aliphatic heterocycles. The quantitative estimate of drug-likeness (QED) is 0.598. The van der Waals surface area contributed by atoms with Gasteiger partial charge in [0.15, 0.2) is 0 Å². The molecule has 0 aliphatic rings. The van der Waals surface area contributed by atoms with Crippen LogP contribution in [-0.2, 0) is 9.53 Å². The molecule has 0 bridgehead atoms. The SMILES string of the molecule is CCCCC[C@@H](O)[C@@H](C(=O)OC)c1ccccc1. The van der Waals surface area contributed by atoms with Gasteiger partial charge in [-0.2, -0.15) is 0 Å². The molecule has 0 saturated carbocycles. The van der Waals surface area contributed by atoms with Gasteiger partial charge in [-0.05, 0) is 12.0 Å². The summed E-state index contributed by atoms with van der Waals surface area (Å²) in [5, 5.41) is 10.2. The summed E-state index contributed by atoms with van der Waals surface area (Å²) >= 11 is 0. The molecule has 0 radical (unpaired) electrons. The molecule has 3 nitrogen and oxygen atoms in total. The fourth-order valence-corrected chi connectivity index (χ4v) is 2.07. The number of hydrogen-bond acceptors (Lipinski definition) is 3. The van der Waals surface area contributed by atoms with E-state index >= 15 is 0 Å². The van der Waals surface area contributed by atoms with Crippen LogP contribution in [0.2, 0.25) is 0 Å². The predicted octanol–water partition coefficient (Wildman–Crippen LogP) is 2.88. The third kappa shape index (κ3) is 4.15. The second kappa shape index (κ2) is 7.88. The summed E-state index contributed by atoms with van der Waals surface area (Å²) in [7, 11) is 1.36. The molecule has 100 valence electrons. The van der Waals surface area contributed by atoms with Crippen LogP contribution in [0.5, 0.6) is 0 Å². The highest BCUT2D eigenvalue weighted by molar-refractivity contribution is 5.78. The lowest BCUT2D eigenvalue weighted by Crippen LogP contribution is -2.27. The molecule has 0 unspecified atom stereocenters. The Balaban J connectivity index is 2.76. The molecule has 0 fully saturated rings. The van der Waals surface area contributed by atoms with Gasteiger partial charge in [-0.3, -0.25) is 4.79 Å². The van der Waals surface area contributed by atoms with Crippen LogP contribution < -0.4 is 0 Å². The van der Waals surface area contributed by atoms with Crippen LogP contribution in [0, 0.1) is 0 Å². The predicted molar refractivity (Wildman–Crippen MR) is 71.3 cm³/mol. The van der Waals surface area contributed by atoms with E-state index < -0.39 is 12.0 Å². The Morgan fingerprint density at radius 3 is 2.50 bits per heavy atom. The van der Waals surface area contributed by atoms with Crippen LogP contribution in [0.25, 0.3) is 0 Å². The average Bonchev–Trinajstić information content (AvgIpc) is 2.40. The maximum atomic E-state index is 11.8. The van der Waals surface area contributed by atoms with E-state index in [2.05, 4.69) is 6.92 Å². The van der Waals surface area contributed by atoms with Crippen molar-refractivity contribution in [1.82, 2.24) is 0 Å². The highest BCUT2D eigenvalue weighted by Gasteiger charge is 2.28. The molecule has 0 spiro atoms. The van der Waals surface area contributed by atoms with E-state index in [0.29, 0.717) is 6.42 Å². The van der Waals surface area contributed by atoms with Crippen LogP contribution in [0.4, 0.5) is 0 Å². The topological polar surface area (TPSA) is 46.5 Å². The third-order valence-electron chi connectivity index (χ3n) is 3.10. The number of methoxy groups -OCH3 is 1. The lowest BCUT2D eigenvalue weighted by Gasteiger charge is -2.21. The Bertz CT molecular complexity index is 348. The Morgan fingerprint density at radius 1 is 1.28 bits per heavy atom. The Kier molecular flexibility index (Phi) is 6.44. The number of ether oxygens (including phenoxy) is 1. The number of esters is 1. The monoisotopic (exact) mass is 250 g/mol. The fraction of sp³-hybridized carbons (Fsp3) is 0.533. The van der Waals surface area contributed by atoms with Crippen molar-refractivity contribution < 1.29 is 14.6 Å². The Morgan fingerprint density at radius 2 is 1.94 bits per heavy atom. The molecule has 0 saturated heterocycles. The first-order valence-corrected chi connectivity index (χ1v) is 6.51. The molecule has 0 heterocycles. The molecule has 2 atom stereocenters. The van der Waals surface area contributed by atoms with Gasteiger partial charge in [0.2, 0.25) is 0 Å². The number of hydrogen-bond donors (Lipinski definition) is 1. The molecule has 18 heavy (non-hydrogen) atoms. The number of aliphatic hydroxyl groups is 1. The Hall–Kier alpha value is -1.35. The van der Waals surface area contributed by atoms with Crippen molar-refractivity contribution in [3.05, 3.63) is 35.9 Å². The van der Waals surface area contributed by atoms with E-state index in [9.17, 15) is 9.90 Å². The van der Waals surface area contributed by atoms with Gasteiger partial charge in [-0.1, -0.05) is 56.5 Å². The van der Waals surface area contributed by atoms with Gasteiger partial charge < -0.3 is 9.84 Å². The third-order valence-corrected chi connectivity index (χ3v) is 3.10. The lowest BCUT2D eigenvalue weighted by atomic mass is 9.90. The van der Waals surface area contributed by atoms with E-state index in [1.807, 2.05) is 30.3 Å². The summed E-state index contributed by atoms with van der Waals surface area (Å²) < 4.78 is 4.80. The minimum Gasteiger partial charge on any atom is -0.468 e. The highest BCUT2D eigenvalue weighted by Crippen LogP contribution is 2.24. The van der Waals surface area contributed by atoms with Crippen molar-refractivity contribution in [3.8, 4) is 0 Å². The molecule has 3 heteroatoms. The first-order valence-electron chi connectivity index (χ1n) is 6.51. The van der Waals surface area contributed by atoms with E-state index in [-0.39, 0.29) is 5.97 Å². The lowest BCUT2D eigenvalue weighted by molar-refractivity contribution is -0.145. The summed E-state index contributed by atoms with van der Waals surface area (Å²) in [6, 6.07) is 9.32. The molecule has 0 amide bonds. The van der Waals surface area contributed by atoms with Crippen LogP contribution >= 0.6 is 0 Å². The number of aliphatic hydroxyl groups excluding tert-OH is 1.